The van der Waals surface area contributed by atoms with Crippen molar-refractivity contribution in [2.24, 2.45) is 0 Å². The van der Waals surface area contributed by atoms with Crippen molar-refractivity contribution in [1.82, 2.24) is 4.90 Å². The maximum atomic E-state index is 13.2. The van der Waals surface area contributed by atoms with Gasteiger partial charge in [0.25, 0.3) is 0 Å². The smallest absolute Gasteiger partial charge is 0.326 e. The van der Waals surface area contributed by atoms with Crippen LogP contribution in [0, 0.1) is 6.92 Å². The number of hydrogen-bond donors (Lipinski definition) is 1. The molecule has 2 aliphatic heterocycles. The van der Waals surface area contributed by atoms with Crippen LogP contribution in [0.3, 0.4) is 0 Å². The number of aryl methyl sites for hydroxylation is 1. The fraction of sp³-hybridized carbons (Fsp3) is 0.435. The zero-order valence-electron chi connectivity index (χ0n) is 17.0. The zero-order valence-corrected chi connectivity index (χ0v) is 17.0. The molecule has 2 heterocycles. The second-order valence-corrected chi connectivity index (χ2v) is 7.98. The number of likely N-dealkylation sites (tertiary alicyclic amines) is 1. The van der Waals surface area contributed by atoms with Crippen LogP contribution in [0.5, 0.6) is 5.75 Å². The van der Waals surface area contributed by atoms with Crippen molar-refractivity contribution >= 4 is 17.4 Å². The first-order chi connectivity index (χ1) is 13.5. The van der Waals surface area contributed by atoms with Gasteiger partial charge in [0.2, 0.25) is 0 Å². The van der Waals surface area contributed by atoms with Crippen molar-refractivity contribution in [2.75, 3.05) is 43.5 Å². The molecule has 2 amide bonds. The molecule has 1 saturated heterocycles. The van der Waals surface area contributed by atoms with Crippen LogP contribution in [-0.4, -0.2) is 44.2 Å². The average Bonchev–Trinajstić information content (AvgIpc) is 3.02. The van der Waals surface area contributed by atoms with Gasteiger partial charge in [0, 0.05) is 23.3 Å². The molecule has 2 aromatic rings. The Morgan fingerprint density at radius 2 is 1.96 bits per heavy atom. The second-order valence-electron chi connectivity index (χ2n) is 7.98. The molecular weight excluding hydrogens is 350 g/mol. The standard InChI is InChI=1S/C23H29N3O2/c1-4-25-12-10-23(11-13-25)16-26(21-9-8-19(28-3)15-20(21)23)22(27)24-18-7-5-6-17(2)14-18/h5-9,14-15H,4,10-13,16H2,1-3H3,(H,24,27). The minimum absolute atomic E-state index is 0.0134. The van der Waals surface area contributed by atoms with Crippen molar-refractivity contribution in [2.45, 2.75) is 32.1 Å². The number of methoxy groups -OCH3 is 1. The number of carbonyl (C=O) groups is 1. The van der Waals surface area contributed by atoms with Crippen molar-refractivity contribution < 1.29 is 9.53 Å². The first-order valence-corrected chi connectivity index (χ1v) is 10.1. The Morgan fingerprint density at radius 1 is 1.18 bits per heavy atom. The predicted molar refractivity (Wildman–Crippen MR) is 114 cm³/mol. The van der Waals surface area contributed by atoms with E-state index in [1.807, 2.05) is 48.2 Å². The Balaban J connectivity index is 1.64. The Morgan fingerprint density at radius 3 is 2.64 bits per heavy atom. The molecule has 0 saturated carbocycles. The summed E-state index contributed by atoms with van der Waals surface area (Å²) in [5.74, 6) is 0.858. The van der Waals surface area contributed by atoms with E-state index in [0.29, 0.717) is 0 Å². The van der Waals surface area contributed by atoms with E-state index in [-0.39, 0.29) is 11.4 Å². The minimum Gasteiger partial charge on any atom is -0.497 e. The van der Waals surface area contributed by atoms with Crippen LogP contribution in [0.2, 0.25) is 0 Å². The number of rotatable bonds is 3. The number of carbonyl (C=O) groups excluding carboxylic acids is 1. The van der Waals surface area contributed by atoms with Crippen LogP contribution in [0.1, 0.15) is 30.9 Å². The van der Waals surface area contributed by atoms with Gasteiger partial charge in [0.1, 0.15) is 5.75 Å². The summed E-state index contributed by atoms with van der Waals surface area (Å²) in [6.07, 6.45) is 2.13. The Kier molecular flexibility index (Phi) is 5.02. The maximum absolute atomic E-state index is 13.2. The molecule has 2 aliphatic rings. The van der Waals surface area contributed by atoms with Crippen LogP contribution < -0.4 is 15.0 Å². The van der Waals surface area contributed by atoms with Gasteiger partial charge < -0.3 is 15.0 Å². The van der Waals surface area contributed by atoms with E-state index < -0.39 is 0 Å². The van der Waals surface area contributed by atoms with E-state index in [0.717, 1.165) is 61.7 Å². The first-order valence-electron chi connectivity index (χ1n) is 10.1. The first kappa shape index (κ1) is 18.8. The third kappa shape index (κ3) is 3.35. The average molecular weight is 380 g/mol. The third-order valence-corrected chi connectivity index (χ3v) is 6.30. The normalized spacial score (nSPS) is 18.2. The van der Waals surface area contributed by atoms with Crippen molar-refractivity contribution in [3.8, 4) is 5.75 Å². The number of hydrogen-bond acceptors (Lipinski definition) is 3. The van der Waals surface area contributed by atoms with E-state index in [4.69, 9.17) is 4.74 Å². The molecule has 2 aromatic carbocycles. The molecule has 0 atom stereocenters. The molecule has 5 nitrogen and oxygen atoms in total. The fourth-order valence-electron chi connectivity index (χ4n) is 4.59. The summed E-state index contributed by atoms with van der Waals surface area (Å²) in [5.41, 5.74) is 4.24. The number of piperidine rings is 1. The predicted octanol–water partition coefficient (Wildman–Crippen LogP) is 4.41. The van der Waals surface area contributed by atoms with Gasteiger partial charge in [-0.15, -0.1) is 0 Å². The number of anilines is 2. The van der Waals surface area contributed by atoms with Gasteiger partial charge in [0.05, 0.1) is 7.11 Å². The van der Waals surface area contributed by atoms with E-state index in [9.17, 15) is 4.79 Å². The van der Waals surface area contributed by atoms with E-state index >= 15 is 0 Å². The molecule has 148 valence electrons. The quantitative estimate of drug-likeness (QED) is 0.859. The van der Waals surface area contributed by atoms with Crippen LogP contribution in [0.25, 0.3) is 0 Å². The molecule has 0 bridgehead atoms. The molecule has 0 unspecified atom stereocenters. The summed E-state index contributed by atoms with van der Waals surface area (Å²) >= 11 is 0. The van der Waals surface area contributed by atoms with Crippen molar-refractivity contribution in [1.29, 1.82) is 0 Å². The van der Waals surface area contributed by atoms with E-state index in [1.165, 1.54) is 5.56 Å². The zero-order chi connectivity index (χ0) is 19.7. The van der Waals surface area contributed by atoms with Crippen LogP contribution in [0.4, 0.5) is 16.2 Å². The number of urea groups is 1. The van der Waals surface area contributed by atoms with Gasteiger partial charge in [-0.1, -0.05) is 19.1 Å². The lowest BCUT2D eigenvalue weighted by molar-refractivity contribution is 0.173. The Bertz CT molecular complexity index is 872. The highest BCUT2D eigenvalue weighted by Crippen LogP contribution is 2.48. The number of amides is 2. The lowest BCUT2D eigenvalue weighted by atomic mass is 9.74. The summed E-state index contributed by atoms with van der Waals surface area (Å²) in [6.45, 7) is 8.19. The number of benzene rings is 2. The van der Waals surface area contributed by atoms with Crippen LogP contribution >= 0.6 is 0 Å². The number of ether oxygens (including phenoxy) is 1. The van der Waals surface area contributed by atoms with E-state index in [2.05, 4.69) is 23.2 Å². The topological polar surface area (TPSA) is 44.8 Å². The fourth-order valence-corrected chi connectivity index (χ4v) is 4.59. The summed E-state index contributed by atoms with van der Waals surface area (Å²) < 4.78 is 5.49. The lowest BCUT2D eigenvalue weighted by Gasteiger charge is -2.39. The number of nitrogens with one attached hydrogen (secondary N) is 1. The molecule has 1 N–H and O–H groups in total. The monoisotopic (exact) mass is 379 g/mol. The summed E-state index contributed by atoms with van der Waals surface area (Å²) in [4.78, 5) is 17.6. The highest BCUT2D eigenvalue weighted by Gasteiger charge is 2.46. The Labute approximate surface area is 167 Å². The minimum atomic E-state index is -0.0631. The maximum Gasteiger partial charge on any atom is 0.326 e. The molecule has 1 spiro atoms. The SMILES string of the molecule is CCN1CCC2(CC1)CN(C(=O)Nc1cccc(C)c1)c1ccc(OC)cc12. The lowest BCUT2D eigenvalue weighted by Crippen LogP contribution is -2.46. The molecule has 1 fully saturated rings. The van der Waals surface area contributed by atoms with Gasteiger partial charge in [-0.05, 0) is 80.9 Å². The highest BCUT2D eigenvalue weighted by molar-refractivity contribution is 6.03. The van der Waals surface area contributed by atoms with Gasteiger partial charge in [0.15, 0.2) is 0 Å². The molecule has 0 radical (unpaired) electrons. The molecule has 4 rings (SSSR count). The van der Waals surface area contributed by atoms with Crippen molar-refractivity contribution in [3.63, 3.8) is 0 Å². The molecule has 0 aromatic heterocycles. The summed E-state index contributed by atoms with van der Waals surface area (Å²) in [5, 5.41) is 3.08. The summed E-state index contributed by atoms with van der Waals surface area (Å²) in [6, 6.07) is 14.0. The molecule has 0 aliphatic carbocycles. The van der Waals surface area contributed by atoms with Crippen LogP contribution in [0.15, 0.2) is 42.5 Å². The van der Waals surface area contributed by atoms with Gasteiger partial charge in [-0.25, -0.2) is 4.79 Å². The van der Waals surface area contributed by atoms with Gasteiger partial charge in [-0.2, -0.15) is 0 Å². The van der Waals surface area contributed by atoms with Crippen LogP contribution in [-0.2, 0) is 5.41 Å². The second kappa shape index (κ2) is 7.47. The third-order valence-electron chi connectivity index (χ3n) is 6.30. The molecule has 28 heavy (non-hydrogen) atoms. The molecule has 5 heteroatoms. The molecular formula is C23H29N3O2. The van der Waals surface area contributed by atoms with Gasteiger partial charge in [-0.3, -0.25) is 4.90 Å². The summed E-state index contributed by atoms with van der Waals surface area (Å²) in [7, 11) is 1.70. The van der Waals surface area contributed by atoms with Crippen molar-refractivity contribution in [3.05, 3.63) is 53.6 Å². The largest absolute Gasteiger partial charge is 0.497 e. The highest BCUT2D eigenvalue weighted by atomic mass is 16.5. The Hall–Kier alpha value is -2.53. The van der Waals surface area contributed by atoms with E-state index in [1.54, 1.807) is 7.11 Å². The number of nitrogens with zero attached hydrogens (tertiary/aromatic N) is 2. The number of fused-ring (bicyclic) bond motifs is 2. The van der Waals surface area contributed by atoms with Gasteiger partial charge >= 0.3 is 6.03 Å².